The number of halogens is 2. The van der Waals surface area contributed by atoms with Gasteiger partial charge in [-0.1, -0.05) is 17.7 Å². The molecule has 0 bridgehead atoms. The van der Waals surface area contributed by atoms with E-state index in [1.165, 1.54) is 19.4 Å². The van der Waals surface area contributed by atoms with Crippen LogP contribution in [0.15, 0.2) is 34.9 Å². The minimum Gasteiger partial charge on any atom is -0.467 e. The number of benzene rings is 1. The van der Waals surface area contributed by atoms with Gasteiger partial charge < -0.3 is 14.5 Å². The molecule has 0 unspecified atom stereocenters. The number of carbonyl (C=O) groups excluding carboxylic acids is 1. The lowest BCUT2D eigenvalue weighted by atomic mass is 10.2. The summed E-state index contributed by atoms with van der Waals surface area (Å²) < 4.78 is 22.8. The lowest BCUT2D eigenvalue weighted by molar-refractivity contribution is 0.0600. The Morgan fingerprint density at radius 1 is 1.40 bits per heavy atom. The van der Waals surface area contributed by atoms with Gasteiger partial charge in [-0.25, -0.2) is 9.18 Å². The van der Waals surface area contributed by atoms with Crippen molar-refractivity contribution in [3.63, 3.8) is 0 Å². The van der Waals surface area contributed by atoms with E-state index in [2.05, 4.69) is 10.1 Å². The minimum absolute atomic E-state index is 0.0928. The van der Waals surface area contributed by atoms with Gasteiger partial charge >= 0.3 is 5.97 Å². The normalized spacial score (nSPS) is 10.6. The molecule has 0 amide bonds. The summed E-state index contributed by atoms with van der Waals surface area (Å²) in [5, 5.41) is 3.20. The maximum Gasteiger partial charge on any atom is 0.341 e. The Hall–Kier alpha value is -1.85. The van der Waals surface area contributed by atoms with Crippen molar-refractivity contribution in [1.82, 2.24) is 5.32 Å². The highest BCUT2D eigenvalue weighted by Gasteiger charge is 2.09. The van der Waals surface area contributed by atoms with Gasteiger partial charge in [-0.3, -0.25) is 0 Å². The number of ether oxygens (including phenoxy) is 1. The summed E-state index contributed by atoms with van der Waals surface area (Å²) in [6, 6.07) is 6.14. The lowest BCUT2D eigenvalue weighted by Gasteiger charge is -2.04. The third-order valence-electron chi connectivity index (χ3n) is 2.69. The third-order valence-corrected chi connectivity index (χ3v) is 2.98. The molecule has 0 aliphatic heterocycles. The Labute approximate surface area is 120 Å². The fourth-order valence-electron chi connectivity index (χ4n) is 1.68. The predicted molar refractivity (Wildman–Crippen MR) is 72.0 cm³/mol. The highest BCUT2D eigenvalue weighted by molar-refractivity contribution is 6.30. The molecule has 0 aliphatic carbocycles. The lowest BCUT2D eigenvalue weighted by Crippen LogP contribution is -2.12. The number of esters is 1. The molecule has 2 rings (SSSR count). The van der Waals surface area contributed by atoms with Gasteiger partial charge in [-0.2, -0.15) is 0 Å². The van der Waals surface area contributed by atoms with Gasteiger partial charge in [0.15, 0.2) is 0 Å². The van der Waals surface area contributed by atoms with Crippen molar-refractivity contribution < 1.29 is 18.3 Å². The van der Waals surface area contributed by atoms with E-state index >= 15 is 0 Å². The molecule has 2 aromatic rings. The van der Waals surface area contributed by atoms with Crippen LogP contribution < -0.4 is 5.32 Å². The van der Waals surface area contributed by atoms with E-state index in [0.717, 1.165) is 5.56 Å². The van der Waals surface area contributed by atoms with E-state index in [-0.39, 0.29) is 5.02 Å². The smallest absolute Gasteiger partial charge is 0.341 e. The number of hydrogen-bond donors (Lipinski definition) is 1. The summed E-state index contributed by atoms with van der Waals surface area (Å²) in [4.78, 5) is 11.2. The maximum atomic E-state index is 13.0. The second-order valence-electron chi connectivity index (χ2n) is 4.15. The first-order chi connectivity index (χ1) is 9.60. The molecular formula is C14H13ClFNO3. The first kappa shape index (κ1) is 14.6. The van der Waals surface area contributed by atoms with Gasteiger partial charge in [0.1, 0.15) is 17.8 Å². The van der Waals surface area contributed by atoms with Crippen LogP contribution in [-0.2, 0) is 17.8 Å². The molecule has 20 heavy (non-hydrogen) atoms. The Balaban J connectivity index is 1.88. The molecule has 4 nitrogen and oxygen atoms in total. The predicted octanol–water partition coefficient (Wildman–Crippen LogP) is 3.15. The zero-order valence-corrected chi connectivity index (χ0v) is 11.5. The van der Waals surface area contributed by atoms with Crippen LogP contribution in [0.5, 0.6) is 0 Å². The van der Waals surface area contributed by atoms with Gasteiger partial charge in [0.05, 0.1) is 24.2 Å². The molecule has 0 fully saturated rings. The number of carbonyl (C=O) groups is 1. The highest BCUT2D eigenvalue weighted by Crippen LogP contribution is 2.16. The Bertz CT molecular complexity index is 612. The summed E-state index contributed by atoms with van der Waals surface area (Å²) in [5.41, 5.74) is 1.23. The molecular weight excluding hydrogens is 285 g/mol. The Morgan fingerprint density at radius 3 is 2.90 bits per heavy atom. The van der Waals surface area contributed by atoms with Crippen molar-refractivity contribution in [2.45, 2.75) is 13.1 Å². The molecule has 106 valence electrons. The summed E-state index contributed by atoms with van der Waals surface area (Å²) >= 11 is 5.69. The van der Waals surface area contributed by atoms with Gasteiger partial charge in [-0.15, -0.1) is 0 Å². The van der Waals surface area contributed by atoms with E-state index in [1.807, 2.05) is 0 Å². The van der Waals surface area contributed by atoms with Crippen molar-refractivity contribution in [1.29, 1.82) is 0 Å². The van der Waals surface area contributed by atoms with Crippen LogP contribution in [0.4, 0.5) is 4.39 Å². The van der Waals surface area contributed by atoms with Crippen LogP contribution in [0, 0.1) is 5.82 Å². The highest BCUT2D eigenvalue weighted by atomic mass is 35.5. The van der Waals surface area contributed by atoms with E-state index in [0.29, 0.717) is 24.4 Å². The molecule has 6 heteroatoms. The topological polar surface area (TPSA) is 51.5 Å². The SMILES string of the molecule is COC(=O)c1coc(CNCc2ccc(F)c(Cl)c2)c1. The first-order valence-electron chi connectivity index (χ1n) is 5.90. The first-order valence-corrected chi connectivity index (χ1v) is 6.28. The van der Waals surface area contributed by atoms with E-state index in [9.17, 15) is 9.18 Å². The van der Waals surface area contributed by atoms with Crippen molar-refractivity contribution in [2.75, 3.05) is 7.11 Å². The van der Waals surface area contributed by atoms with Gasteiger partial charge in [0.25, 0.3) is 0 Å². The van der Waals surface area contributed by atoms with E-state index in [4.69, 9.17) is 16.0 Å². The van der Waals surface area contributed by atoms with Crippen molar-refractivity contribution in [2.24, 2.45) is 0 Å². The van der Waals surface area contributed by atoms with Crippen LogP contribution in [0.2, 0.25) is 5.02 Å². The van der Waals surface area contributed by atoms with Crippen molar-refractivity contribution in [3.05, 3.63) is 58.3 Å². The average molecular weight is 298 g/mol. The molecule has 0 atom stereocenters. The van der Waals surface area contributed by atoms with Crippen LogP contribution in [0.3, 0.4) is 0 Å². The van der Waals surface area contributed by atoms with Crippen LogP contribution in [0.25, 0.3) is 0 Å². The fourth-order valence-corrected chi connectivity index (χ4v) is 1.88. The number of methoxy groups -OCH3 is 1. The molecule has 0 aliphatic rings. The molecule has 1 N–H and O–H groups in total. The minimum atomic E-state index is -0.441. The van der Waals surface area contributed by atoms with Gasteiger partial charge in [-0.05, 0) is 23.8 Å². The largest absolute Gasteiger partial charge is 0.467 e. The zero-order valence-electron chi connectivity index (χ0n) is 10.8. The number of furan rings is 1. The molecule has 0 saturated heterocycles. The second-order valence-corrected chi connectivity index (χ2v) is 4.55. The number of hydrogen-bond acceptors (Lipinski definition) is 4. The maximum absolute atomic E-state index is 13.0. The molecule has 1 heterocycles. The fraction of sp³-hybridized carbons (Fsp3) is 0.214. The van der Waals surface area contributed by atoms with Crippen LogP contribution >= 0.6 is 11.6 Å². The zero-order chi connectivity index (χ0) is 14.5. The standard InChI is InChI=1S/C14H13ClFNO3/c1-19-14(18)10-5-11(20-8-10)7-17-6-9-2-3-13(16)12(15)4-9/h2-5,8,17H,6-7H2,1H3. The van der Waals surface area contributed by atoms with Crippen molar-refractivity contribution >= 4 is 17.6 Å². The van der Waals surface area contributed by atoms with Crippen LogP contribution in [-0.4, -0.2) is 13.1 Å². The summed E-state index contributed by atoms with van der Waals surface area (Å²) in [5.74, 6) is -0.270. The monoisotopic (exact) mass is 297 g/mol. The Kier molecular flexibility index (Phi) is 4.76. The Morgan fingerprint density at radius 2 is 2.20 bits per heavy atom. The molecule has 0 radical (unpaired) electrons. The number of rotatable bonds is 5. The van der Waals surface area contributed by atoms with Crippen molar-refractivity contribution in [3.8, 4) is 0 Å². The third kappa shape index (κ3) is 3.59. The van der Waals surface area contributed by atoms with E-state index in [1.54, 1.807) is 18.2 Å². The average Bonchev–Trinajstić information content (AvgIpc) is 2.91. The quantitative estimate of drug-likeness (QED) is 0.861. The summed E-state index contributed by atoms with van der Waals surface area (Å²) in [6.45, 7) is 0.945. The second kappa shape index (κ2) is 6.54. The molecule has 0 spiro atoms. The van der Waals surface area contributed by atoms with Crippen LogP contribution in [0.1, 0.15) is 21.7 Å². The van der Waals surface area contributed by atoms with Gasteiger partial charge in [0.2, 0.25) is 0 Å². The van der Waals surface area contributed by atoms with Gasteiger partial charge in [0, 0.05) is 6.54 Å². The molecule has 0 saturated carbocycles. The molecule has 1 aromatic carbocycles. The van der Waals surface area contributed by atoms with E-state index < -0.39 is 11.8 Å². The summed E-state index contributed by atoms with van der Waals surface area (Å²) in [7, 11) is 1.31. The molecule has 1 aromatic heterocycles. The summed E-state index contributed by atoms with van der Waals surface area (Å²) in [6.07, 6.45) is 1.34. The number of nitrogens with one attached hydrogen (secondary N) is 1.